The molecule has 96 valence electrons. The van der Waals surface area contributed by atoms with Crippen molar-refractivity contribution in [3.8, 4) is 0 Å². The van der Waals surface area contributed by atoms with Crippen LogP contribution in [0.3, 0.4) is 0 Å². The van der Waals surface area contributed by atoms with Crippen LogP contribution in [0.25, 0.3) is 0 Å². The van der Waals surface area contributed by atoms with Crippen molar-refractivity contribution in [1.29, 1.82) is 0 Å². The summed E-state index contributed by atoms with van der Waals surface area (Å²) in [6, 6.07) is 5.97. The smallest absolute Gasteiger partial charge is 0.153 e. The minimum absolute atomic E-state index is 0.627. The second-order valence-electron chi connectivity index (χ2n) is 3.74. The predicted octanol–water partition coefficient (Wildman–Crippen LogP) is 2.87. The van der Waals surface area contributed by atoms with Crippen LogP contribution < -0.4 is 10.6 Å². The number of nitrogens with two attached hydrogens (primary N) is 1. The molecule has 2 aromatic rings. The van der Waals surface area contributed by atoms with Crippen LogP contribution >= 0.6 is 23.3 Å². The molecule has 0 radical (unpaired) electrons. The molecule has 6 heteroatoms. The van der Waals surface area contributed by atoms with Gasteiger partial charge in [0.1, 0.15) is 5.00 Å². The van der Waals surface area contributed by atoms with Gasteiger partial charge in [0.2, 0.25) is 0 Å². The Labute approximate surface area is 115 Å². The van der Waals surface area contributed by atoms with Crippen LogP contribution in [-0.2, 0) is 6.54 Å². The Hall–Kier alpha value is -1.27. The molecule has 0 spiro atoms. The molecule has 0 bridgehead atoms. The van der Waals surface area contributed by atoms with E-state index in [1.807, 2.05) is 30.7 Å². The molecule has 0 saturated carbocycles. The predicted molar refractivity (Wildman–Crippen MR) is 79.3 cm³/mol. The first kappa shape index (κ1) is 13.2. The number of thioether (sulfide) groups is 1. The van der Waals surface area contributed by atoms with Crippen LogP contribution in [0, 0.1) is 0 Å². The highest BCUT2D eigenvalue weighted by molar-refractivity contribution is 7.99. The summed E-state index contributed by atoms with van der Waals surface area (Å²) < 4.78 is 4.23. The molecule has 0 aliphatic heterocycles. The molecule has 0 atom stereocenters. The highest BCUT2D eigenvalue weighted by Crippen LogP contribution is 2.37. The van der Waals surface area contributed by atoms with Crippen molar-refractivity contribution in [3.05, 3.63) is 30.1 Å². The standard InChI is InChI=1S/C12H16N4S2/c1-3-16(8-9-6-4-5-7-14-9)12-10(17-2)11(13)15-18-12/h4-7H,3,8H2,1-2H3,(H2,13,15). The van der Waals surface area contributed by atoms with Crippen LogP contribution in [0.4, 0.5) is 10.8 Å². The Morgan fingerprint density at radius 2 is 2.28 bits per heavy atom. The molecule has 0 aliphatic carbocycles. The van der Waals surface area contributed by atoms with E-state index in [-0.39, 0.29) is 0 Å². The third-order valence-electron chi connectivity index (χ3n) is 2.61. The SMILES string of the molecule is CCN(Cc1ccccn1)c1snc(N)c1SC. The van der Waals surface area contributed by atoms with Gasteiger partial charge >= 0.3 is 0 Å². The van der Waals surface area contributed by atoms with E-state index in [0.717, 1.165) is 28.7 Å². The van der Waals surface area contributed by atoms with Crippen LogP contribution in [0.2, 0.25) is 0 Å². The first-order valence-corrected chi connectivity index (χ1v) is 7.70. The maximum atomic E-state index is 5.87. The second-order valence-corrected chi connectivity index (χ2v) is 5.31. The third-order valence-corrected chi connectivity index (χ3v) is 4.47. The summed E-state index contributed by atoms with van der Waals surface area (Å²) in [5.41, 5.74) is 6.93. The average Bonchev–Trinajstić information content (AvgIpc) is 2.78. The van der Waals surface area contributed by atoms with Gasteiger partial charge < -0.3 is 10.6 Å². The van der Waals surface area contributed by atoms with E-state index in [1.54, 1.807) is 11.8 Å². The van der Waals surface area contributed by atoms with Gasteiger partial charge in [-0.25, -0.2) is 0 Å². The van der Waals surface area contributed by atoms with Gasteiger partial charge in [-0.05, 0) is 36.8 Å². The number of pyridine rings is 1. The third kappa shape index (κ3) is 2.76. The van der Waals surface area contributed by atoms with Crippen LogP contribution in [-0.4, -0.2) is 22.2 Å². The Kier molecular flexibility index (Phi) is 4.43. The number of aromatic nitrogens is 2. The number of hydrogen-bond donors (Lipinski definition) is 1. The number of rotatable bonds is 5. The number of nitrogens with zero attached hydrogens (tertiary/aromatic N) is 3. The summed E-state index contributed by atoms with van der Waals surface area (Å²) in [5.74, 6) is 0.627. The fraction of sp³-hybridized carbons (Fsp3) is 0.333. The average molecular weight is 280 g/mol. The Bertz CT molecular complexity index is 498. The molecule has 2 aromatic heterocycles. The van der Waals surface area contributed by atoms with Crippen molar-refractivity contribution in [1.82, 2.24) is 9.36 Å². The van der Waals surface area contributed by atoms with E-state index in [0.29, 0.717) is 5.82 Å². The van der Waals surface area contributed by atoms with Crippen LogP contribution in [0.5, 0.6) is 0 Å². The van der Waals surface area contributed by atoms with E-state index in [2.05, 4.69) is 21.2 Å². The Balaban J connectivity index is 2.23. The van der Waals surface area contributed by atoms with E-state index in [9.17, 15) is 0 Å². The van der Waals surface area contributed by atoms with Gasteiger partial charge in [-0.2, -0.15) is 4.37 Å². The van der Waals surface area contributed by atoms with Crippen LogP contribution in [0.15, 0.2) is 29.3 Å². The largest absolute Gasteiger partial charge is 0.382 e. The first-order chi connectivity index (χ1) is 8.76. The quantitative estimate of drug-likeness (QED) is 0.854. The van der Waals surface area contributed by atoms with Crippen molar-refractivity contribution in [2.24, 2.45) is 0 Å². The second kappa shape index (κ2) is 6.06. The minimum atomic E-state index is 0.627. The Morgan fingerprint density at radius 3 is 2.89 bits per heavy atom. The molecular formula is C12H16N4S2. The first-order valence-electron chi connectivity index (χ1n) is 5.70. The van der Waals surface area contributed by atoms with E-state index >= 15 is 0 Å². The maximum absolute atomic E-state index is 5.87. The molecule has 0 amide bonds. The molecule has 2 N–H and O–H groups in total. The summed E-state index contributed by atoms with van der Waals surface area (Å²) >= 11 is 3.10. The summed E-state index contributed by atoms with van der Waals surface area (Å²) in [5, 5.41) is 1.13. The lowest BCUT2D eigenvalue weighted by Crippen LogP contribution is -2.22. The summed E-state index contributed by atoms with van der Waals surface area (Å²) in [4.78, 5) is 7.68. The van der Waals surface area contributed by atoms with Gasteiger partial charge in [0.15, 0.2) is 5.82 Å². The minimum Gasteiger partial charge on any atom is -0.382 e. The lowest BCUT2D eigenvalue weighted by molar-refractivity contribution is 0.811. The van der Waals surface area contributed by atoms with Crippen molar-refractivity contribution in [2.45, 2.75) is 18.4 Å². The molecule has 0 fully saturated rings. The highest BCUT2D eigenvalue weighted by atomic mass is 32.2. The molecule has 2 rings (SSSR count). The molecule has 0 aromatic carbocycles. The number of hydrogen-bond acceptors (Lipinski definition) is 6. The number of anilines is 2. The normalized spacial score (nSPS) is 10.6. The van der Waals surface area contributed by atoms with Crippen molar-refractivity contribution < 1.29 is 0 Å². The highest BCUT2D eigenvalue weighted by Gasteiger charge is 2.16. The zero-order valence-corrected chi connectivity index (χ0v) is 12.1. The molecule has 0 unspecified atom stereocenters. The fourth-order valence-electron chi connectivity index (χ4n) is 1.69. The maximum Gasteiger partial charge on any atom is 0.153 e. The number of nitrogen functional groups attached to an aromatic ring is 1. The van der Waals surface area contributed by atoms with Crippen LogP contribution in [0.1, 0.15) is 12.6 Å². The van der Waals surface area contributed by atoms with E-state index in [4.69, 9.17) is 5.73 Å². The van der Waals surface area contributed by atoms with E-state index in [1.165, 1.54) is 11.5 Å². The fourth-order valence-corrected chi connectivity index (χ4v) is 3.44. The molecular weight excluding hydrogens is 264 g/mol. The van der Waals surface area contributed by atoms with Crippen molar-refractivity contribution in [3.63, 3.8) is 0 Å². The van der Waals surface area contributed by atoms with Gasteiger partial charge in [0.05, 0.1) is 17.1 Å². The topological polar surface area (TPSA) is 55.0 Å². The summed E-state index contributed by atoms with van der Waals surface area (Å²) in [7, 11) is 0. The molecule has 2 heterocycles. The van der Waals surface area contributed by atoms with Gasteiger partial charge in [0, 0.05) is 12.7 Å². The summed E-state index contributed by atoms with van der Waals surface area (Å²) in [6.45, 7) is 3.82. The van der Waals surface area contributed by atoms with Crippen molar-refractivity contribution in [2.75, 3.05) is 23.4 Å². The lowest BCUT2D eigenvalue weighted by Gasteiger charge is -2.21. The van der Waals surface area contributed by atoms with Gasteiger partial charge in [-0.3, -0.25) is 4.98 Å². The van der Waals surface area contributed by atoms with E-state index < -0.39 is 0 Å². The zero-order valence-electron chi connectivity index (χ0n) is 10.5. The van der Waals surface area contributed by atoms with Crippen molar-refractivity contribution >= 4 is 34.1 Å². The monoisotopic (exact) mass is 280 g/mol. The molecule has 0 saturated heterocycles. The zero-order chi connectivity index (χ0) is 13.0. The molecule has 0 aliphatic rings. The lowest BCUT2D eigenvalue weighted by atomic mass is 10.3. The van der Waals surface area contributed by atoms with Gasteiger partial charge in [0.25, 0.3) is 0 Å². The van der Waals surface area contributed by atoms with Gasteiger partial charge in [-0.1, -0.05) is 6.07 Å². The molecule has 4 nitrogen and oxygen atoms in total. The Morgan fingerprint density at radius 1 is 1.44 bits per heavy atom. The summed E-state index contributed by atoms with van der Waals surface area (Å²) in [6.07, 6.45) is 3.85. The molecule has 18 heavy (non-hydrogen) atoms. The van der Waals surface area contributed by atoms with Gasteiger partial charge in [-0.15, -0.1) is 11.8 Å².